The molecule has 1 atom stereocenters. The number of rotatable bonds is 2. The van der Waals surface area contributed by atoms with Crippen molar-refractivity contribution >= 4 is 7.37 Å². The first-order valence-electron chi connectivity index (χ1n) is 2.64. The fourth-order valence-electron chi connectivity index (χ4n) is 0.392. The van der Waals surface area contributed by atoms with Crippen LogP contribution in [-0.4, -0.2) is 23.4 Å². The number of halogens is 3. The second-order valence-electron chi connectivity index (χ2n) is 1.94. The summed E-state index contributed by atoms with van der Waals surface area (Å²) in [7, 11) is -3.92. The first-order valence-corrected chi connectivity index (χ1v) is 4.67. The molecule has 0 aliphatic heterocycles. The first-order chi connectivity index (χ1) is 4.27. The van der Waals surface area contributed by atoms with E-state index >= 15 is 0 Å². The van der Waals surface area contributed by atoms with Gasteiger partial charge in [-0.1, -0.05) is 6.92 Å². The van der Waals surface area contributed by atoms with Crippen molar-refractivity contribution < 1.29 is 22.6 Å². The quantitative estimate of drug-likeness (QED) is 0.651. The number of hydrogen-bond acceptors (Lipinski definition) is 1. The van der Waals surface area contributed by atoms with Crippen molar-refractivity contribution in [3.8, 4) is 0 Å². The van der Waals surface area contributed by atoms with Gasteiger partial charge in [-0.3, -0.25) is 4.57 Å². The van der Waals surface area contributed by atoms with E-state index in [9.17, 15) is 17.7 Å². The maximum Gasteiger partial charge on any atom is 0.397 e. The molecule has 1 unspecified atom stereocenters. The van der Waals surface area contributed by atoms with Crippen molar-refractivity contribution in [2.24, 2.45) is 0 Å². The second-order valence-corrected chi connectivity index (χ2v) is 4.58. The van der Waals surface area contributed by atoms with Gasteiger partial charge in [0.1, 0.15) is 6.16 Å². The van der Waals surface area contributed by atoms with Crippen LogP contribution in [0.4, 0.5) is 13.2 Å². The van der Waals surface area contributed by atoms with Crippen molar-refractivity contribution in [3.63, 3.8) is 0 Å². The van der Waals surface area contributed by atoms with Crippen molar-refractivity contribution in [1.29, 1.82) is 0 Å². The molecule has 0 aliphatic carbocycles. The van der Waals surface area contributed by atoms with E-state index in [-0.39, 0.29) is 6.16 Å². The molecule has 0 saturated carbocycles. The maximum atomic E-state index is 11.4. The Balaban J connectivity index is 4.03. The molecule has 0 spiro atoms. The van der Waals surface area contributed by atoms with Gasteiger partial charge in [0.25, 0.3) is 0 Å². The van der Waals surface area contributed by atoms with Gasteiger partial charge in [-0.25, -0.2) is 0 Å². The van der Waals surface area contributed by atoms with Crippen LogP contribution in [0.5, 0.6) is 0 Å². The van der Waals surface area contributed by atoms with Gasteiger partial charge >= 0.3 is 6.18 Å². The van der Waals surface area contributed by atoms with Gasteiger partial charge in [-0.05, 0) is 0 Å². The third kappa shape index (κ3) is 4.82. The summed E-state index contributed by atoms with van der Waals surface area (Å²) in [5, 5.41) is 0. The number of hydrogen-bond donors (Lipinski definition) is 1. The van der Waals surface area contributed by atoms with Crippen molar-refractivity contribution in [2.75, 3.05) is 12.3 Å². The molecule has 0 amide bonds. The van der Waals surface area contributed by atoms with E-state index < -0.39 is 19.7 Å². The fraction of sp³-hybridized carbons (Fsp3) is 1.00. The van der Waals surface area contributed by atoms with Gasteiger partial charge in [0.2, 0.25) is 7.37 Å². The molecule has 0 aromatic carbocycles. The molecule has 0 radical (unpaired) electrons. The molecule has 1 N–H and O–H groups in total. The first kappa shape index (κ1) is 9.98. The molecule has 0 saturated heterocycles. The Hall–Kier alpha value is -0.0200. The lowest BCUT2D eigenvalue weighted by molar-refractivity contribution is -0.107. The van der Waals surface area contributed by atoms with Crippen LogP contribution < -0.4 is 0 Å². The maximum absolute atomic E-state index is 11.4. The minimum Gasteiger partial charge on any atom is -0.344 e. The molecule has 0 aromatic heterocycles. The van der Waals surface area contributed by atoms with Gasteiger partial charge in [-0.2, -0.15) is 13.2 Å². The van der Waals surface area contributed by atoms with Gasteiger partial charge in [0.05, 0.1) is 0 Å². The Morgan fingerprint density at radius 1 is 1.50 bits per heavy atom. The van der Waals surface area contributed by atoms with Crippen LogP contribution in [-0.2, 0) is 4.57 Å². The minimum absolute atomic E-state index is 0.327. The summed E-state index contributed by atoms with van der Waals surface area (Å²) < 4.78 is 44.7. The monoisotopic (exact) mass is 176 g/mol. The lowest BCUT2D eigenvalue weighted by Gasteiger charge is -2.10. The van der Waals surface area contributed by atoms with Crippen LogP contribution in [0, 0.1) is 0 Å². The van der Waals surface area contributed by atoms with Gasteiger partial charge in [0.15, 0.2) is 0 Å². The zero-order valence-corrected chi connectivity index (χ0v) is 6.25. The Morgan fingerprint density at radius 3 is 2.00 bits per heavy atom. The standard InChI is InChI=1S/C4H8F3O2P/c1-2-10(8,9)3-4(5,6)7/h2-3H2,1H3,(H,8,9). The van der Waals surface area contributed by atoms with E-state index in [1.54, 1.807) is 0 Å². The largest absolute Gasteiger partial charge is 0.397 e. The molecular formula is C4H8F3O2P. The highest BCUT2D eigenvalue weighted by Crippen LogP contribution is 2.44. The lowest BCUT2D eigenvalue weighted by atomic mass is 10.8. The average Bonchev–Trinajstić information content (AvgIpc) is 1.60. The SMILES string of the molecule is CCP(=O)(O)CC(F)(F)F. The molecule has 6 heteroatoms. The normalized spacial score (nSPS) is 18.5. The summed E-state index contributed by atoms with van der Waals surface area (Å²) in [6.45, 7) is 1.26. The molecule has 0 aromatic rings. The van der Waals surface area contributed by atoms with E-state index in [2.05, 4.69) is 0 Å². The summed E-state index contributed by atoms with van der Waals surface area (Å²) in [5.41, 5.74) is 0. The Kier molecular flexibility index (Phi) is 2.92. The van der Waals surface area contributed by atoms with Crippen LogP contribution in [0.25, 0.3) is 0 Å². The highest BCUT2D eigenvalue weighted by atomic mass is 31.2. The molecular weight excluding hydrogens is 168 g/mol. The summed E-state index contributed by atoms with van der Waals surface area (Å²) >= 11 is 0. The van der Waals surface area contributed by atoms with E-state index in [1.165, 1.54) is 6.92 Å². The predicted octanol–water partition coefficient (Wildman–Crippen LogP) is 1.84. The molecule has 0 bridgehead atoms. The third-order valence-corrected chi connectivity index (χ3v) is 2.76. The highest BCUT2D eigenvalue weighted by molar-refractivity contribution is 7.58. The number of alkyl halides is 3. The van der Waals surface area contributed by atoms with E-state index in [0.717, 1.165) is 0 Å². The summed E-state index contributed by atoms with van der Waals surface area (Å²) in [6, 6.07) is 0. The van der Waals surface area contributed by atoms with Crippen LogP contribution in [0.2, 0.25) is 0 Å². The van der Waals surface area contributed by atoms with E-state index in [1.807, 2.05) is 0 Å². The van der Waals surface area contributed by atoms with Crippen LogP contribution in [0.15, 0.2) is 0 Å². The molecule has 0 heterocycles. The zero-order valence-electron chi connectivity index (χ0n) is 5.35. The topological polar surface area (TPSA) is 37.3 Å². The van der Waals surface area contributed by atoms with Crippen molar-refractivity contribution in [3.05, 3.63) is 0 Å². The third-order valence-electron chi connectivity index (χ3n) is 0.920. The second kappa shape index (κ2) is 2.93. The molecule has 0 aliphatic rings. The predicted molar refractivity (Wildman–Crippen MR) is 31.3 cm³/mol. The van der Waals surface area contributed by atoms with Gasteiger partial charge in [0, 0.05) is 6.16 Å². The molecule has 10 heavy (non-hydrogen) atoms. The minimum atomic E-state index is -4.53. The Labute approximate surface area is 56.5 Å². The molecule has 2 nitrogen and oxygen atoms in total. The van der Waals surface area contributed by atoms with Crippen LogP contribution in [0.3, 0.4) is 0 Å². The Bertz CT molecular complexity index is 153. The smallest absolute Gasteiger partial charge is 0.344 e. The van der Waals surface area contributed by atoms with E-state index in [4.69, 9.17) is 4.89 Å². The summed E-state index contributed by atoms with van der Waals surface area (Å²) in [5.74, 6) is 0. The van der Waals surface area contributed by atoms with Crippen molar-refractivity contribution in [2.45, 2.75) is 13.1 Å². The summed E-state index contributed by atoms with van der Waals surface area (Å²) in [4.78, 5) is 8.49. The van der Waals surface area contributed by atoms with Gasteiger partial charge in [-0.15, -0.1) is 0 Å². The highest BCUT2D eigenvalue weighted by Gasteiger charge is 2.36. The molecule has 0 rings (SSSR count). The fourth-order valence-corrected chi connectivity index (χ4v) is 1.18. The zero-order chi connectivity index (χ0) is 8.41. The van der Waals surface area contributed by atoms with Crippen LogP contribution in [0.1, 0.15) is 6.92 Å². The van der Waals surface area contributed by atoms with E-state index in [0.29, 0.717) is 0 Å². The molecule has 0 fully saturated rings. The molecule has 62 valence electrons. The average molecular weight is 176 g/mol. The van der Waals surface area contributed by atoms with Crippen molar-refractivity contribution in [1.82, 2.24) is 0 Å². The lowest BCUT2D eigenvalue weighted by Crippen LogP contribution is -2.14. The summed E-state index contributed by atoms with van der Waals surface area (Å²) in [6.07, 6.45) is -6.43. The van der Waals surface area contributed by atoms with Crippen LogP contribution >= 0.6 is 7.37 Å². The Morgan fingerprint density at radius 2 is 1.90 bits per heavy atom. The van der Waals surface area contributed by atoms with Gasteiger partial charge < -0.3 is 4.89 Å².